The van der Waals surface area contributed by atoms with Crippen LogP contribution < -0.4 is 5.32 Å². The zero-order valence-electron chi connectivity index (χ0n) is 7.21. The van der Waals surface area contributed by atoms with Gasteiger partial charge in [-0.15, -0.1) is 0 Å². The molecular weight excluding hydrogens is 142 g/mol. The highest BCUT2D eigenvalue weighted by molar-refractivity contribution is 4.78. The van der Waals surface area contributed by atoms with Crippen LogP contribution in [0.3, 0.4) is 0 Å². The van der Waals surface area contributed by atoms with E-state index in [1.165, 1.54) is 0 Å². The first-order valence-electron chi connectivity index (χ1n) is 4.21. The van der Waals surface area contributed by atoms with Crippen LogP contribution in [0.2, 0.25) is 0 Å². The molecule has 0 aromatic rings. The van der Waals surface area contributed by atoms with Gasteiger partial charge in [0.25, 0.3) is 0 Å². The zero-order chi connectivity index (χ0) is 8.27. The topological polar surface area (TPSA) is 41.5 Å². The Bertz CT molecular complexity index is 119. The summed E-state index contributed by atoms with van der Waals surface area (Å²) in [5, 5.41) is 12.4. The van der Waals surface area contributed by atoms with Gasteiger partial charge in [0.15, 0.2) is 0 Å². The van der Waals surface area contributed by atoms with E-state index >= 15 is 0 Å². The van der Waals surface area contributed by atoms with Gasteiger partial charge in [-0.05, 0) is 20.4 Å². The van der Waals surface area contributed by atoms with Crippen LogP contribution in [0.25, 0.3) is 0 Å². The molecule has 1 fully saturated rings. The van der Waals surface area contributed by atoms with Gasteiger partial charge in [0.05, 0.1) is 12.2 Å². The minimum absolute atomic E-state index is 0.162. The molecule has 0 aliphatic carbocycles. The second-order valence-electron chi connectivity index (χ2n) is 3.16. The van der Waals surface area contributed by atoms with Crippen LogP contribution >= 0.6 is 0 Å². The van der Waals surface area contributed by atoms with Crippen LogP contribution in [0, 0.1) is 0 Å². The number of hydrogen-bond donors (Lipinski definition) is 2. The third kappa shape index (κ3) is 2.43. The zero-order valence-corrected chi connectivity index (χ0v) is 7.21. The molecule has 0 aromatic carbocycles. The van der Waals surface area contributed by atoms with Gasteiger partial charge >= 0.3 is 0 Å². The monoisotopic (exact) mass is 159 g/mol. The number of aliphatic hydroxyl groups excluding tert-OH is 1. The molecule has 0 radical (unpaired) electrons. The number of nitrogens with one attached hydrogen (secondary N) is 1. The van der Waals surface area contributed by atoms with Gasteiger partial charge in [0, 0.05) is 19.1 Å². The molecule has 2 N–H and O–H groups in total. The summed E-state index contributed by atoms with van der Waals surface area (Å²) < 4.78 is 5.48. The van der Waals surface area contributed by atoms with E-state index in [2.05, 4.69) is 12.2 Å². The summed E-state index contributed by atoms with van der Waals surface area (Å²) in [6.45, 7) is 2.76. The Labute approximate surface area is 67.7 Å². The van der Waals surface area contributed by atoms with Crippen LogP contribution in [0.1, 0.15) is 19.8 Å². The molecule has 3 nitrogen and oxygen atoms in total. The van der Waals surface area contributed by atoms with Gasteiger partial charge in [-0.1, -0.05) is 0 Å². The van der Waals surface area contributed by atoms with Crippen molar-refractivity contribution in [3.8, 4) is 0 Å². The highest BCUT2D eigenvalue weighted by Crippen LogP contribution is 2.15. The fourth-order valence-corrected chi connectivity index (χ4v) is 1.34. The summed E-state index contributed by atoms with van der Waals surface area (Å²) >= 11 is 0. The fourth-order valence-electron chi connectivity index (χ4n) is 1.34. The lowest BCUT2D eigenvalue weighted by atomic mass is 10.0. The SMILES string of the molecule is CNC(C)C1CC(O)CCO1. The molecule has 1 saturated heterocycles. The van der Waals surface area contributed by atoms with E-state index in [1.54, 1.807) is 0 Å². The van der Waals surface area contributed by atoms with E-state index < -0.39 is 0 Å². The second kappa shape index (κ2) is 4.04. The van der Waals surface area contributed by atoms with Crippen molar-refractivity contribution >= 4 is 0 Å². The fraction of sp³-hybridized carbons (Fsp3) is 1.00. The smallest absolute Gasteiger partial charge is 0.0749 e. The van der Waals surface area contributed by atoms with Gasteiger partial charge in [0.1, 0.15) is 0 Å². The van der Waals surface area contributed by atoms with Gasteiger partial charge in [0.2, 0.25) is 0 Å². The highest BCUT2D eigenvalue weighted by Gasteiger charge is 2.24. The van der Waals surface area contributed by atoms with Crippen molar-refractivity contribution in [2.24, 2.45) is 0 Å². The standard InChI is InChI=1S/C8H17NO2/c1-6(9-2)8-5-7(10)3-4-11-8/h6-10H,3-5H2,1-2H3. The molecule has 1 aliphatic heterocycles. The Morgan fingerprint density at radius 2 is 2.36 bits per heavy atom. The van der Waals surface area contributed by atoms with Gasteiger partial charge in [-0.3, -0.25) is 0 Å². The first kappa shape index (κ1) is 8.97. The van der Waals surface area contributed by atoms with E-state index in [0.29, 0.717) is 12.6 Å². The normalized spacial score (nSPS) is 35.2. The Morgan fingerprint density at radius 1 is 1.64 bits per heavy atom. The highest BCUT2D eigenvalue weighted by atomic mass is 16.5. The van der Waals surface area contributed by atoms with Crippen LogP contribution in [0.15, 0.2) is 0 Å². The molecule has 1 aliphatic rings. The minimum atomic E-state index is -0.162. The van der Waals surface area contributed by atoms with Gasteiger partial charge < -0.3 is 15.2 Å². The first-order chi connectivity index (χ1) is 5.24. The van der Waals surface area contributed by atoms with Crippen molar-refractivity contribution in [2.75, 3.05) is 13.7 Å². The van der Waals surface area contributed by atoms with E-state index in [4.69, 9.17) is 4.74 Å². The molecule has 1 rings (SSSR count). The summed E-state index contributed by atoms with van der Waals surface area (Å²) in [5.41, 5.74) is 0. The van der Waals surface area contributed by atoms with Crippen LogP contribution in [0.4, 0.5) is 0 Å². The van der Waals surface area contributed by atoms with Gasteiger partial charge in [-0.25, -0.2) is 0 Å². The third-order valence-corrected chi connectivity index (χ3v) is 2.30. The van der Waals surface area contributed by atoms with Crippen molar-refractivity contribution in [3.63, 3.8) is 0 Å². The lowest BCUT2D eigenvalue weighted by molar-refractivity contribution is -0.0553. The third-order valence-electron chi connectivity index (χ3n) is 2.30. The maximum absolute atomic E-state index is 9.32. The van der Waals surface area contributed by atoms with E-state index in [1.807, 2.05) is 7.05 Å². The second-order valence-corrected chi connectivity index (χ2v) is 3.16. The molecular formula is C8H17NO2. The number of aliphatic hydroxyl groups is 1. The predicted octanol–water partition coefficient (Wildman–Crippen LogP) is 0.134. The molecule has 3 heteroatoms. The van der Waals surface area contributed by atoms with Crippen molar-refractivity contribution in [2.45, 2.75) is 38.0 Å². The average molecular weight is 159 g/mol. The molecule has 0 amide bonds. The molecule has 0 spiro atoms. The van der Waals surface area contributed by atoms with Crippen LogP contribution in [-0.2, 0) is 4.74 Å². The number of ether oxygens (including phenoxy) is 1. The summed E-state index contributed by atoms with van der Waals surface area (Å²) in [4.78, 5) is 0. The summed E-state index contributed by atoms with van der Waals surface area (Å²) in [5.74, 6) is 0. The van der Waals surface area contributed by atoms with Crippen LogP contribution in [-0.4, -0.2) is 37.0 Å². The summed E-state index contributed by atoms with van der Waals surface area (Å²) in [7, 11) is 1.91. The van der Waals surface area contributed by atoms with E-state index in [0.717, 1.165) is 12.8 Å². The molecule has 3 atom stereocenters. The molecule has 0 aromatic heterocycles. The van der Waals surface area contributed by atoms with Crippen molar-refractivity contribution in [1.29, 1.82) is 0 Å². The summed E-state index contributed by atoms with van der Waals surface area (Å²) in [6.07, 6.45) is 1.57. The molecule has 0 bridgehead atoms. The number of likely N-dealkylation sites (N-methyl/N-ethyl adjacent to an activating group) is 1. The molecule has 66 valence electrons. The van der Waals surface area contributed by atoms with E-state index in [-0.39, 0.29) is 12.2 Å². The average Bonchev–Trinajstić information content (AvgIpc) is 2.03. The van der Waals surface area contributed by atoms with Crippen molar-refractivity contribution < 1.29 is 9.84 Å². The maximum atomic E-state index is 9.32. The summed E-state index contributed by atoms with van der Waals surface area (Å²) in [6, 6.07) is 0.338. The molecule has 0 saturated carbocycles. The predicted molar refractivity (Wildman–Crippen MR) is 43.5 cm³/mol. The molecule has 1 heterocycles. The Morgan fingerprint density at radius 3 is 2.91 bits per heavy atom. The number of rotatable bonds is 2. The minimum Gasteiger partial charge on any atom is -0.393 e. The van der Waals surface area contributed by atoms with Crippen LogP contribution in [0.5, 0.6) is 0 Å². The van der Waals surface area contributed by atoms with Gasteiger partial charge in [-0.2, -0.15) is 0 Å². The van der Waals surface area contributed by atoms with Crippen molar-refractivity contribution in [3.05, 3.63) is 0 Å². The Balaban J connectivity index is 2.33. The Kier molecular flexibility index (Phi) is 3.30. The Hall–Kier alpha value is -0.120. The quantitative estimate of drug-likeness (QED) is 0.602. The number of hydrogen-bond acceptors (Lipinski definition) is 3. The maximum Gasteiger partial charge on any atom is 0.0749 e. The molecule has 11 heavy (non-hydrogen) atoms. The lowest BCUT2D eigenvalue weighted by Gasteiger charge is -2.30. The molecule has 3 unspecified atom stereocenters. The largest absolute Gasteiger partial charge is 0.393 e. The van der Waals surface area contributed by atoms with E-state index in [9.17, 15) is 5.11 Å². The first-order valence-corrected chi connectivity index (χ1v) is 4.21. The lowest BCUT2D eigenvalue weighted by Crippen LogP contribution is -2.42. The van der Waals surface area contributed by atoms with Crippen molar-refractivity contribution in [1.82, 2.24) is 5.32 Å².